The molecular weight excluding hydrogens is 416 g/mol. The summed E-state index contributed by atoms with van der Waals surface area (Å²) in [5.41, 5.74) is 3.78. The second kappa shape index (κ2) is 9.06. The number of rotatable bonds is 5. The molecule has 0 aromatic rings. The third kappa shape index (κ3) is 4.43. The van der Waals surface area contributed by atoms with E-state index in [-0.39, 0.29) is 17.3 Å². The first-order valence-electron chi connectivity index (χ1n) is 13.0. The smallest absolute Gasteiger partial charge is 0.164 e. The maximum Gasteiger partial charge on any atom is 0.164 e. The van der Waals surface area contributed by atoms with E-state index in [2.05, 4.69) is 52.8 Å². The summed E-state index contributed by atoms with van der Waals surface area (Å²) in [6, 6.07) is 0. The molecule has 0 bridgehead atoms. The first-order chi connectivity index (χ1) is 15.0. The second-order valence-electron chi connectivity index (χ2n) is 11.9. The first-order valence-corrected chi connectivity index (χ1v) is 14.7. The number of aliphatic hydroxyl groups is 1. The predicted molar refractivity (Wildman–Crippen MR) is 133 cm³/mol. The lowest BCUT2D eigenvalue weighted by molar-refractivity contribution is 0.111. The first kappa shape index (κ1) is 24.3. The molecule has 4 aliphatic rings. The summed E-state index contributed by atoms with van der Waals surface area (Å²) in [6.07, 6.45) is 14.5. The molecule has 2 fully saturated rings. The van der Waals surface area contributed by atoms with Crippen molar-refractivity contribution in [2.45, 2.75) is 97.3 Å². The molecule has 4 rings (SSSR count). The summed E-state index contributed by atoms with van der Waals surface area (Å²) in [5, 5.41) is 9.73. The van der Waals surface area contributed by atoms with Crippen LogP contribution in [-0.4, -0.2) is 30.6 Å². The van der Waals surface area contributed by atoms with Crippen LogP contribution in [0.1, 0.15) is 86.0 Å². The Balaban J connectivity index is 1.58. The van der Waals surface area contributed by atoms with Crippen LogP contribution in [-0.2, 0) is 9.84 Å². The Bertz CT molecular complexity index is 909. The van der Waals surface area contributed by atoms with E-state index in [1.165, 1.54) is 24.8 Å². The van der Waals surface area contributed by atoms with Gasteiger partial charge in [0.1, 0.15) is 5.25 Å². The molecule has 0 unspecified atom stereocenters. The molecule has 0 spiro atoms. The van der Waals surface area contributed by atoms with Crippen molar-refractivity contribution in [1.82, 2.24) is 0 Å². The van der Waals surface area contributed by atoms with Gasteiger partial charge in [-0.05, 0) is 91.9 Å². The molecular formula is C28H44O3S. The van der Waals surface area contributed by atoms with Crippen LogP contribution in [0.5, 0.6) is 0 Å². The molecule has 1 aliphatic heterocycles. The van der Waals surface area contributed by atoms with Gasteiger partial charge in [-0.2, -0.15) is 0 Å². The topological polar surface area (TPSA) is 54.4 Å². The van der Waals surface area contributed by atoms with Crippen LogP contribution in [0.15, 0.2) is 34.9 Å². The van der Waals surface area contributed by atoms with E-state index < -0.39 is 15.1 Å². The number of aliphatic hydroxyl groups excluding tert-OH is 1. The SMILES string of the molecule is CC(C)[C@@H](C)/C=C/[C@@H](C)[C@H]1CC[C@@H]2/C(=C\[C@H]3C4=C(CC[C@@H](O)C4)CS3(=O)=O)CCC[C@@]21C. The molecule has 0 amide bonds. The zero-order chi connectivity index (χ0) is 23.3. The number of sulfone groups is 1. The quantitative estimate of drug-likeness (QED) is 0.493. The maximum atomic E-state index is 13.1. The Morgan fingerprint density at radius 2 is 1.81 bits per heavy atom. The minimum absolute atomic E-state index is 0.212. The third-order valence-corrected chi connectivity index (χ3v) is 11.5. The van der Waals surface area contributed by atoms with E-state index in [1.807, 2.05) is 0 Å². The van der Waals surface area contributed by atoms with Crippen LogP contribution in [0.3, 0.4) is 0 Å². The highest BCUT2D eigenvalue weighted by Gasteiger charge is 2.51. The summed E-state index contributed by atoms with van der Waals surface area (Å²) >= 11 is 0. The van der Waals surface area contributed by atoms with E-state index >= 15 is 0 Å². The van der Waals surface area contributed by atoms with Gasteiger partial charge in [-0.1, -0.05) is 64.0 Å². The van der Waals surface area contributed by atoms with Gasteiger partial charge in [0.15, 0.2) is 9.84 Å². The lowest BCUT2D eigenvalue weighted by atomic mass is 9.61. The highest BCUT2D eigenvalue weighted by atomic mass is 32.2. The van der Waals surface area contributed by atoms with Crippen molar-refractivity contribution in [3.8, 4) is 0 Å². The molecule has 7 atom stereocenters. The van der Waals surface area contributed by atoms with Crippen LogP contribution in [0.2, 0.25) is 0 Å². The van der Waals surface area contributed by atoms with Gasteiger partial charge in [-0.25, -0.2) is 8.42 Å². The maximum absolute atomic E-state index is 13.1. The minimum Gasteiger partial charge on any atom is -0.393 e. The largest absolute Gasteiger partial charge is 0.393 e. The van der Waals surface area contributed by atoms with Crippen LogP contribution < -0.4 is 0 Å². The molecule has 3 aliphatic carbocycles. The van der Waals surface area contributed by atoms with E-state index in [9.17, 15) is 13.5 Å². The Hall–Kier alpha value is -0.870. The minimum atomic E-state index is -3.17. The van der Waals surface area contributed by atoms with Crippen molar-refractivity contribution in [2.24, 2.45) is 35.0 Å². The van der Waals surface area contributed by atoms with Crippen molar-refractivity contribution >= 4 is 9.84 Å². The number of fused-ring (bicyclic) bond motifs is 1. The van der Waals surface area contributed by atoms with Gasteiger partial charge < -0.3 is 5.11 Å². The Morgan fingerprint density at radius 3 is 2.53 bits per heavy atom. The Labute approximate surface area is 196 Å². The number of hydrogen-bond acceptors (Lipinski definition) is 3. The summed E-state index contributed by atoms with van der Waals surface area (Å²) < 4.78 is 26.2. The number of allylic oxidation sites excluding steroid dienone is 3. The van der Waals surface area contributed by atoms with Crippen molar-refractivity contribution < 1.29 is 13.5 Å². The molecule has 0 radical (unpaired) electrons. The van der Waals surface area contributed by atoms with Gasteiger partial charge in [0.05, 0.1) is 11.9 Å². The highest BCUT2D eigenvalue weighted by Crippen LogP contribution is 2.60. The van der Waals surface area contributed by atoms with Crippen molar-refractivity contribution in [3.05, 3.63) is 34.9 Å². The predicted octanol–water partition coefficient (Wildman–Crippen LogP) is 6.25. The molecule has 32 heavy (non-hydrogen) atoms. The summed E-state index contributed by atoms with van der Waals surface area (Å²) in [4.78, 5) is 0. The van der Waals surface area contributed by atoms with Gasteiger partial charge in [0.2, 0.25) is 0 Å². The molecule has 1 N–H and O–H groups in total. The van der Waals surface area contributed by atoms with E-state index in [4.69, 9.17) is 0 Å². The van der Waals surface area contributed by atoms with Gasteiger partial charge in [-0.3, -0.25) is 0 Å². The van der Waals surface area contributed by atoms with E-state index in [0.29, 0.717) is 42.4 Å². The molecule has 1 heterocycles. The van der Waals surface area contributed by atoms with Gasteiger partial charge >= 0.3 is 0 Å². The molecule has 3 nitrogen and oxygen atoms in total. The van der Waals surface area contributed by atoms with Crippen LogP contribution >= 0.6 is 0 Å². The van der Waals surface area contributed by atoms with Crippen molar-refractivity contribution in [1.29, 1.82) is 0 Å². The third-order valence-electron chi connectivity index (χ3n) is 9.60. The highest BCUT2D eigenvalue weighted by molar-refractivity contribution is 7.92. The van der Waals surface area contributed by atoms with Gasteiger partial charge in [-0.15, -0.1) is 0 Å². The van der Waals surface area contributed by atoms with Gasteiger partial charge in [0, 0.05) is 0 Å². The zero-order valence-electron chi connectivity index (χ0n) is 20.8. The lowest BCUT2D eigenvalue weighted by Crippen LogP contribution is -2.36. The van der Waals surface area contributed by atoms with Crippen LogP contribution in [0.4, 0.5) is 0 Å². The summed E-state index contributed by atoms with van der Waals surface area (Å²) in [6.45, 7) is 11.8. The Kier molecular flexibility index (Phi) is 6.87. The molecule has 0 saturated heterocycles. The monoisotopic (exact) mass is 460 g/mol. The molecule has 4 heteroatoms. The zero-order valence-corrected chi connectivity index (χ0v) is 21.6. The van der Waals surface area contributed by atoms with Crippen LogP contribution in [0, 0.1) is 35.0 Å². The van der Waals surface area contributed by atoms with Crippen molar-refractivity contribution in [3.63, 3.8) is 0 Å². The second-order valence-corrected chi connectivity index (χ2v) is 14.1. The Morgan fingerprint density at radius 1 is 1.06 bits per heavy atom. The fourth-order valence-corrected chi connectivity index (χ4v) is 9.36. The van der Waals surface area contributed by atoms with Crippen LogP contribution in [0.25, 0.3) is 0 Å². The summed E-state index contributed by atoms with van der Waals surface area (Å²) in [5.74, 6) is 3.21. The molecule has 0 aromatic carbocycles. The van der Waals surface area contributed by atoms with E-state index in [1.54, 1.807) is 0 Å². The fourth-order valence-electron chi connectivity index (χ4n) is 7.28. The average Bonchev–Trinajstić information content (AvgIpc) is 3.20. The molecule has 2 saturated carbocycles. The number of hydrogen-bond donors (Lipinski definition) is 1. The lowest BCUT2D eigenvalue weighted by Gasteiger charge is -2.44. The standard InChI is InChI=1S/C28H44O3S/c1-18(2)19(3)8-9-20(4)25-12-13-26-21(7-6-14-28(25,26)5)15-27-24-16-23(29)11-10-22(24)17-32(27,30)31/h8-9,15,18-20,23,25-27,29H,6-7,10-14,16-17H2,1-5H3/b9-8+,21-15-/t19-,20+,23+,25+,26+,27-,28+/m0/s1. The van der Waals surface area contributed by atoms with Crippen molar-refractivity contribution in [2.75, 3.05) is 5.75 Å². The van der Waals surface area contributed by atoms with Gasteiger partial charge in [0.25, 0.3) is 0 Å². The fraction of sp³-hybridized carbons (Fsp3) is 0.786. The normalized spacial score (nSPS) is 40.2. The average molecular weight is 461 g/mol. The molecule has 180 valence electrons. The summed E-state index contributed by atoms with van der Waals surface area (Å²) in [7, 11) is -3.17. The van der Waals surface area contributed by atoms with E-state index in [0.717, 1.165) is 30.4 Å². The molecule has 0 aromatic heterocycles.